The van der Waals surface area contributed by atoms with E-state index in [-0.39, 0.29) is 17.1 Å². The van der Waals surface area contributed by atoms with E-state index in [1.165, 1.54) is 23.5 Å². The molecule has 1 aromatic heterocycles. The normalized spacial score (nSPS) is 17.6. The maximum absolute atomic E-state index is 13.4. The molecule has 2 aromatic rings. The number of carbonyl (C=O) groups excluding carboxylic acids is 1. The number of thiophene rings is 1. The fraction of sp³-hybridized carbons (Fsp3) is 0.471. The zero-order valence-corrected chi connectivity index (χ0v) is 13.8. The summed E-state index contributed by atoms with van der Waals surface area (Å²) in [6.45, 7) is 6.82. The van der Waals surface area contributed by atoms with Crippen LogP contribution in [0.2, 0.25) is 0 Å². The highest BCUT2D eigenvalue weighted by atomic mass is 32.1. The Kier molecular flexibility index (Phi) is 4.19. The van der Waals surface area contributed by atoms with Crippen molar-refractivity contribution in [3.63, 3.8) is 0 Å². The van der Waals surface area contributed by atoms with Gasteiger partial charge in [-0.05, 0) is 67.4 Å². The highest BCUT2D eigenvalue weighted by Crippen LogP contribution is 2.32. The molecule has 1 aliphatic heterocycles. The van der Waals surface area contributed by atoms with Crippen LogP contribution < -0.4 is 10.6 Å². The third-order valence-corrected chi connectivity index (χ3v) is 5.86. The molecule has 5 heteroatoms. The van der Waals surface area contributed by atoms with Crippen molar-refractivity contribution < 1.29 is 9.18 Å². The van der Waals surface area contributed by atoms with Crippen LogP contribution in [0.25, 0.3) is 10.1 Å². The summed E-state index contributed by atoms with van der Waals surface area (Å²) in [5.41, 5.74) is 1.03. The Hall–Kier alpha value is -1.46. The van der Waals surface area contributed by atoms with Crippen LogP contribution in [-0.4, -0.2) is 25.5 Å². The molecule has 3 nitrogen and oxygen atoms in total. The summed E-state index contributed by atoms with van der Waals surface area (Å²) >= 11 is 1.44. The van der Waals surface area contributed by atoms with Gasteiger partial charge in [0, 0.05) is 11.2 Å². The zero-order valence-electron chi connectivity index (χ0n) is 13.0. The van der Waals surface area contributed by atoms with Gasteiger partial charge in [0.15, 0.2) is 0 Å². The lowest BCUT2D eigenvalue weighted by Crippen LogP contribution is -2.42. The Labute approximate surface area is 133 Å². The van der Waals surface area contributed by atoms with E-state index in [0.717, 1.165) is 41.6 Å². The van der Waals surface area contributed by atoms with E-state index in [0.29, 0.717) is 11.4 Å². The number of fused-ring (bicyclic) bond motifs is 1. The van der Waals surface area contributed by atoms with Crippen LogP contribution in [-0.2, 0) is 0 Å². The molecule has 0 aliphatic carbocycles. The second kappa shape index (κ2) is 5.97. The van der Waals surface area contributed by atoms with Crippen molar-refractivity contribution >= 4 is 27.3 Å². The topological polar surface area (TPSA) is 41.1 Å². The minimum Gasteiger partial charge on any atom is -0.351 e. The number of hydrogen-bond donors (Lipinski definition) is 2. The number of piperidine rings is 1. The fourth-order valence-corrected chi connectivity index (χ4v) is 4.10. The van der Waals surface area contributed by atoms with Crippen LogP contribution in [0.3, 0.4) is 0 Å². The number of rotatable bonds is 3. The van der Waals surface area contributed by atoms with E-state index in [2.05, 4.69) is 17.6 Å². The maximum atomic E-state index is 13.4. The average Bonchev–Trinajstić information content (AvgIpc) is 2.83. The molecular weight excluding hydrogens is 299 g/mol. The standard InChI is InChI=1S/C17H21FN2OS/c1-11-13-9-12(18)3-4-14(13)22-15(11)16(21)20-10-17(2)5-7-19-8-6-17/h3-4,9,19H,5-8,10H2,1-2H3,(H,20,21). The van der Waals surface area contributed by atoms with Gasteiger partial charge in [-0.1, -0.05) is 6.92 Å². The molecule has 3 rings (SSSR count). The van der Waals surface area contributed by atoms with Gasteiger partial charge in [0.2, 0.25) is 0 Å². The van der Waals surface area contributed by atoms with E-state index in [9.17, 15) is 9.18 Å². The minimum atomic E-state index is -0.262. The zero-order chi connectivity index (χ0) is 15.7. The van der Waals surface area contributed by atoms with Gasteiger partial charge in [0.05, 0.1) is 4.88 Å². The monoisotopic (exact) mass is 320 g/mol. The van der Waals surface area contributed by atoms with E-state index in [4.69, 9.17) is 0 Å². The number of nitrogens with one attached hydrogen (secondary N) is 2. The van der Waals surface area contributed by atoms with E-state index in [1.807, 2.05) is 6.92 Å². The number of benzene rings is 1. The third-order valence-electron chi connectivity index (χ3n) is 4.59. The highest BCUT2D eigenvalue weighted by Gasteiger charge is 2.27. The summed E-state index contributed by atoms with van der Waals surface area (Å²) < 4.78 is 14.3. The summed E-state index contributed by atoms with van der Waals surface area (Å²) in [7, 11) is 0. The van der Waals surface area contributed by atoms with Crippen LogP contribution in [0.1, 0.15) is 35.0 Å². The van der Waals surface area contributed by atoms with Crippen molar-refractivity contribution in [1.29, 1.82) is 0 Å². The van der Waals surface area contributed by atoms with Gasteiger partial charge in [0.1, 0.15) is 5.82 Å². The predicted molar refractivity (Wildman–Crippen MR) is 89.1 cm³/mol. The number of aryl methyl sites for hydroxylation is 1. The highest BCUT2D eigenvalue weighted by molar-refractivity contribution is 7.21. The number of hydrogen-bond acceptors (Lipinski definition) is 3. The molecule has 0 radical (unpaired) electrons. The fourth-order valence-electron chi connectivity index (χ4n) is 2.99. The van der Waals surface area contributed by atoms with Gasteiger partial charge >= 0.3 is 0 Å². The largest absolute Gasteiger partial charge is 0.351 e. The second-order valence-corrected chi connectivity index (χ2v) is 7.49. The molecule has 118 valence electrons. The summed E-state index contributed by atoms with van der Waals surface area (Å²) in [6.07, 6.45) is 2.15. The quantitative estimate of drug-likeness (QED) is 0.909. The first-order valence-corrected chi connectivity index (χ1v) is 8.48. The molecule has 22 heavy (non-hydrogen) atoms. The van der Waals surface area contributed by atoms with E-state index < -0.39 is 0 Å². The Morgan fingerprint density at radius 2 is 2.14 bits per heavy atom. The molecule has 0 spiro atoms. The van der Waals surface area contributed by atoms with Gasteiger partial charge in [0.25, 0.3) is 5.91 Å². The smallest absolute Gasteiger partial charge is 0.261 e. The first-order valence-electron chi connectivity index (χ1n) is 7.66. The molecular formula is C17H21FN2OS. The molecule has 0 bridgehead atoms. The second-order valence-electron chi connectivity index (χ2n) is 6.44. The van der Waals surface area contributed by atoms with Crippen molar-refractivity contribution in [3.8, 4) is 0 Å². The van der Waals surface area contributed by atoms with Crippen LogP contribution in [0.5, 0.6) is 0 Å². The maximum Gasteiger partial charge on any atom is 0.261 e. The lowest BCUT2D eigenvalue weighted by molar-refractivity contribution is 0.0926. The van der Waals surface area contributed by atoms with Crippen molar-refractivity contribution in [1.82, 2.24) is 10.6 Å². The Bertz CT molecular complexity index is 704. The summed E-state index contributed by atoms with van der Waals surface area (Å²) in [5.74, 6) is -0.304. The van der Waals surface area contributed by atoms with E-state index >= 15 is 0 Å². The molecule has 2 N–H and O–H groups in total. The summed E-state index contributed by atoms with van der Waals surface area (Å²) in [5, 5.41) is 7.26. The number of amides is 1. The van der Waals surface area contributed by atoms with Crippen molar-refractivity contribution in [2.45, 2.75) is 26.7 Å². The van der Waals surface area contributed by atoms with Crippen molar-refractivity contribution in [2.24, 2.45) is 5.41 Å². The molecule has 1 fully saturated rings. The first-order chi connectivity index (χ1) is 10.5. The molecule has 1 aromatic carbocycles. The van der Waals surface area contributed by atoms with Gasteiger partial charge in [-0.25, -0.2) is 4.39 Å². The molecule has 0 saturated carbocycles. The lowest BCUT2D eigenvalue weighted by Gasteiger charge is -2.34. The lowest BCUT2D eigenvalue weighted by atomic mass is 9.81. The minimum absolute atomic E-state index is 0.0427. The summed E-state index contributed by atoms with van der Waals surface area (Å²) in [4.78, 5) is 13.2. The number of carbonyl (C=O) groups is 1. The van der Waals surface area contributed by atoms with Crippen molar-refractivity contribution in [3.05, 3.63) is 34.5 Å². The van der Waals surface area contributed by atoms with Crippen LogP contribution in [0, 0.1) is 18.2 Å². The van der Waals surface area contributed by atoms with Crippen LogP contribution in [0.4, 0.5) is 4.39 Å². The Morgan fingerprint density at radius 1 is 1.41 bits per heavy atom. The van der Waals surface area contributed by atoms with Crippen LogP contribution >= 0.6 is 11.3 Å². The Morgan fingerprint density at radius 3 is 2.86 bits per heavy atom. The summed E-state index contributed by atoms with van der Waals surface area (Å²) in [6, 6.07) is 4.69. The SMILES string of the molecule is Cc1c(C(=O)NCC2(C)CCNCC2)sc2ccc(F)cc12. The van der Waals surface area contributed by atoms with Gasteiger partial charge < -0.3 is 10.6 Å². The van der Waals surface area contributed by atoms with Gasteiger partial charge in [-0.2, -0.15) is 0 Å². The van der Waals surface area contributed by atoms with Crippen molar-refractivity contribution in [2.75, 3.05) is 19.6 Å². The molecule has 1 amide bonds. The third kappa shape index (κ3) is 3.01. The van der Waals surface area contributed by atoms with E-state index in [1.54, 1.807) is 6.07 Å². The molecule has 1 aliphatic rings. The van der Waals surface area contributed by atoms with Crippen LogP contribution in [0.15, 0.2) is 18.2 Å². The predicted octanol–water partition coefficient (Wildman–Crippen LogP) is 3.47. The van der Waals surface area contributed by atoms with Gasteiger partial charge in [-0.3, -0.25) is 4.79 Å². The first kappa shape index (κ1) is 15.4. The molecule has 1 saturated heterocycles. The molecule has 0 atom stereocenters. The Balaban J connectivity index is 1.76. The number of halogens is 1. The molecule has 2 heterocycles. The molecule has 0 unspecified atom stereocenters. The average molecular weight is 320 g/mol. The van der Waals surface area contributed by atoms with Gasteiger partial charge in [-0.15, -0.1) is 11.3 Å².